The number of aromatic nitrogens is 3. The highest BCUT2D eigenvalue weighted by Crippen LogP contribution is 2.14. The van der Waals surface area contributed by atoms with Crippen molar-refractivity contribution >= 4 is 11.2 Å². The van der Waals surface area contributed by atoms with E-state index in [-0.39, 0.29) is 6.61 Å². The molecule has 1 fully saturated rings. The summed E-state index contributed by atoms with van der Waals surface area (Å²) in [6.07, 6.45) is 2.39. The molecule has 21 heavy (non-hydrogen) atoms. The molecule has 0 amide bonds. The van der Waals surface area contributed by atoms with Crippen LogP contribution in [0.4, 0.5) is 0 Å². The van der Waals surface area contributed by atoms with E-state index in [4.69, 9.17) is 0 Å². The number of hydrogen-bond donors (Lipinski definition) is 1. The van der Waals surface area contributed by atoms with Crippen LogP contribution in [0.3, 0.4) is 0 Å². The lowest BCUT2D eigenvalue weighted by molar-refractivity contribution is 0.150. The lowest BCUT2D eigenvalue weighted by Crippen LogP contribution is -2.45. The lowest BCUT2D eigenvalue weighted by Gasteiger charge is -2.32. The third kappa shape index (κ3) is 3.23. The summed E-state index contributed by atoms with van der Waals surface area (Å²) < 4.78 is 2.16. The first-order valence-corrected chi connectivity index (χ1v) is 7.60. The van der Waals surface area contributed by atoms with Crippen molar-refractivity contribution in [2.24, 2.45) is 0 Å². The van der Waals surface area contributed by atoms with Gasteiger partial charge in [-0.05, 0) is 19.2 Å². The van der Waals surface area contributed by atoms with Crippen LogP contribution in [-0.2, 0) is 13.0 Å². The Morgan fingerprint density at radius 3 is 2.76 bits per heavy atom. The molecule has 6 nitrogen and oxygen atoms in total. The van der Waals surface area contributed by atoms with E-state index in [9.17, 15) is 5.11 Å². The van der Waals surface area contributed by atoms with Crippen molar-refractivity contribution in [1.29, 1.82) is 0 Å². The van der Waals surface area contributed by atoms with Crippen molar-refractivity contribution in [1.82, 2.24) is 24.3 Å². The van der Waals surface area contributed by atoms with Crippen LogP contribution in [-0.4, -0.2) is 75.8 Å². The Morgan fingerprint density at radius 1 is 1.19 bits per heavy atom. The normalized spacial score (nSPS) is 17.6. The summed E-state index contributed by atoms with van der Waals surface area (Å²) >= 11 is 0. The quantitative estimate of drug-likeness (QED) is 0.853. The van der Waals surface area contributed by atoms with Gasteiger partial charge in [0.15, 0.2) is 5.65 Å². The van der Waals surface area contributed by atoms with Crippen LogP contribution in [0.5, 0.6) is 0 Å². The predicted octanol–water partition coefficient (Wildman–Crippen LogP) is 0.214. The van der Waals surface area contributed by atoms with Gasteiger partial charge in [-0.3, -0.25) is 4.90 Å². The van der Waals surface area contributed by atoms with Crippen molar-refractivity contribution in [3.63, 3.8) is 0 Å². The van der Waals surface area contributed by atoms with E-state index in [1.165, 1.54) is 0 Å². The largest absolute Gasteiger partial charge is 0.396 e. The SMILES string of the molecule is CN1CCN(CCn2c(CCO)nc3cccnc32)CC1. The average Bonchev–Trinajstić information content (AvgIpc) is 2.85. The molecule has 0 bridgehead atoms. The molecule has 3 rings (SSSR count). The van der Waals surface area contributed by atoms with Crippen molar-refractivity contribution in [3.8, 4) is 0 Å². The molecule has 2 aromatic heterocycles. The molecule has 0 aliphatic carbocycles. The molecule has 6 heteroatoms. The lowest BCUT2D eigenvalue weighted by atomic mass is 10.3. The second-order valence-electron chi connectivity index (χ2n) is 5.64. The number of fused-ring (bicyclic) bond motifs is 1. The highest BCUT2D eigenvalue weighted by molar-refractivity contribution is 5.71. The summed E-state index contributed by atoms with van der Waals surface area (Å²) in [5.74, 6) is 0.931. The van der Waals surface area contributed by atoms with Crippen molar-refractivity contribution < 1.29 is 5.11 Å². The van der Waals surface area contributed by atoms with Gasteiger partial charge in [-0.1, -0.05) is 0 Å². The zero-order valence-corrected chi connectivity index (χ0v) is 12.6. The minimum Gasteiger partial charge on any atom is -0.396 e. The van der Waals surface area contributed by atoms with Gasteiger partial charge in [0, 0.05) is 51.9 Å². The summed E-state index contributed by atoms with van der Waals surface area (Å²) in [7, 11) is 2.17. The van der Waals surface area contributed by atoms with Crippen LogP contribution >= 0.6 is 0 Å². The Balaban J connectivity index is 1.74. The Kier molecular flexibility index (Phi) is 4.48. The van der Waals surface area contributed by atoms with Crippen molar-refractivity contribution in [3.05, 3.63) is 24.2 Å². The summed E-state index contributed by atoms with van der Waals surface area (Å²) in [5.41, 5.74) is 1.84. The number of hydrogen-bond acceptors (Lipinski definition) is 5. The Hall–Kier alpha value is -1.50. The van der Waals surface area contributed by atoms with Crippen LogP contribution in [0.25, 0.3) is 11.2 Å². The van der Waals surface area contributed by atoms with Crippen LogP contribution in [0.2, 0.25) is 0 Å². The fourth-order valence-corrected chi connectivity index (χ4v) is 2.84. The Morgan fingerprint density at radius 2 is 2.00 bits per heavy atom. The number of aliphatic hydroxyl groups excluding tert-OH is 1. The monoisotopic (exact) mass is 289 g/mol. The molecule has 0 aromatic carbocycles. The fourth-order valence-electron chi connectivity index (χ4n) is 2.84. The molecular weight excluding hydrogens is 266 g/mol. The fraction of sp³-hybridized carbons (Fsp3) is 0.600. The number of nitrogens with zero attached hydrogens (tertiary/aromatic N) is 5. The van der Waals surface area contributed by atoms with E-state index in [1.807, 2.05) is 12.1 Å². The summed E-state index contributed by atoms with van der Waals surface area (Å²) in [4.78, 5) is 13.9. The number of piperazine rings is 1. The van der Waals surface area contributed by atoms with Gasteiger partial charge in [0.2, 0.25) is 0 Å². The molecule has 0 atom stereocenters. The first kappa shape index (κ1) is 14.4. The molecule has 0 unspecified atom stereocenters. The molecule has 1 aliphatic rings. The van der Waals surface area contributed by atoms with Gasteiger partial charge in [-0.25, -0.2) is 9.97 Å². The average molecular weight is 289 g/mol. The van der Waals surface area contributed by atoms with Gasteiger partial charge in [0.1, 0.15) is 11.3 Å². The molecule has 1 N–H and O–H groups in total. The third-order valence-electron chi connectivity index (χ3n) is 4.15. The molecule has 1 saturated heterocycles. The van der Waals surface area contributed by atoms with Crippen LogP contribution in [0, 0.1) is 0 Å². The molecule has 3 heterocycles. The van der Waals surface area contributed by atoms with Crippen LogP contribution in [0.1, 0.15) is 5.82 Å². The number of imidazole rings is 1. The van der Waals surface area contributed by atoms with E-state index in [1.54, 1.807) is 6.20 Å². The molecule has 2 aromatic rings. The van der Waals surface area contributed by atoms with E-state index >= 15 is 0 Å². The van der Waals surface area contributed by atoms with Crippen molar-refractivity contribution in [2.75, 3.05) is 46.4 Å². The van der Waals surface area contributed by atoms with Gasteiger partial charge in [0.05, 0.1) is 6.61 Å². The van der Waals surface area contributed by atoms with E-state index in [0.29, 0.717) is 6.42 Å². The smallest absolute Gasteiger partial charge is 0.160 e. The number of rotatable bonds is 5. The zero-order chi connectivity index (χ0) is 14.7. The topological polar surface area (TPSA) is 57.4 Å². The summed E-state index contributed by atoms with van der Waals surface area (Å²) in [5, 5.41) is 9.23. The van der Waals surface area contributed by atoms with Gasteiger partial charge in [-0.15, -0.1) is 0 Å². The van der Waals surface area contributed by atoms with E-state index < -0.39 is 0 Å². The van der Waals surface area contributed by atoms with Crippen LogP contribution in [0.15, 0.2) is 18.3 Å². The Labute approximate surface area is 125 Å². The molecule has 114 valence electrons. The van der Waals surface area contributed by atoms with E-state index in [0.717, 1.165) is 56.3 Å². The number of pyridine rings is 1. The first-order chi connectivity index (χ1) is 10.3. The maximum Gasteiger partial charge on any atom is 0.160 e. The molecule has 0 saturated carbocycles. The van der Waals surface area contributed by atoms with Gasteiger partial charge in [0.25, 0.3) is 0 Å². The highest BCUT2D eigenvalue weighted by Gasteiger charge is 2.16. The second kappa shape index (κ2) is 6.51. The molecular formula is C15H23N5O. The van der Waals surface area contributed by atoms with E-state index in [2.05, 4.69) is 31.4 Å². The number of likely N-dealkylation sites (N-methyl/N-ethyl adjacent to an activating group) is 1. The molecule has 1 aliphatic heterocycles. The first-order valence-electron chi connectivity index (χ1n) is 7.60. The number of aliphatic hydroxyl groups is 1. The van der Waals surface area contributed by atoms with Crippen molar-refractivity contribution in [2.45, 2.75) is 13.0 Å². The van der Waals surface area contributed by atoms with Gasteiger partial charge in [-0.2, -0.15) is 0 Å². The summed E-state index contributed by atoms with van der Waals surface area (Å²) in [6, 6.07) is 3.89. The van der Waals surface area contributed by atoms with Gasteiger partial charge >= 0.3 is 0 Å². The second-order valence-corrected chi connectivity index (χ2v) is 5.64. The standard InChI is InChI=1S/C15H23N5O/c1-18-6-8-19(9-7-18)10-11-20-14(4-12-21)17-13-3-2-5-16-15(13)20/h2-3,5,21H,4,6-12H2,1H3. The maximum absolute atomic E-state index is 9.23. The predicted molar refractivity (Wildman–Crippen MR) is 82.3 cm³/mol. The highest BCUT2D eigenvalue weighted by atomic mass is 16.3. The zero-order valence-electron chi connectivity index (χ0n) is 12.6. The minimum atomic E-state index is 0.123. The molecule has 0 spiro atoms. The minimum absolute atomic E-state index is 0.123. The van der Waals surface area contributed by atoms with Crippen LogP contribution < -0.4 is 0 Å². The maximum atomic E-state index is 9.23. The summed E-state index contributed by atoms with van der Waals surface area (Å²) in [6.45, 7) is 6.51. The third-order valence-corrected chi connectivity index (χ3v) is 4.15. The van der Waals surface area contributed by atoms with Gasteiger partial charge < -0.3 is 14.6 Å². The Bertz CT molecular complexity index is 589. The molecule has 0 radical (unpaired) electrons.